The lowest BCUT2D eigenvalue weighted by molar-refractivity contribution is -0.128. The van der Waals surface area contributed by atoms with E-state index < -0.39 is 0 Å². The minimum Gasteiger partial charge on any atom is -0.393 e. The Morgan fingerprint density at radius 2 is 1.72 bits per heavy atom. The lowest BCUT2D eigenvalue weighted by Gasteiger charge is -2.40. The largest absolute Gasteiger partial charge is 0.393 e. The number of piperazine rings is 1. The number of nitrogens with one attached hydrogen (secondary N) is 1. The van der Waals surface area contributed by atoms with Crippen LogP contribution in [0.25, 0.3) is 0 Å². The van der Waals surface area contributed by atoms with E-state index in [9.17, 15) is 9.90 Å². The zero-order valence-electron chi connectivity index (χ0n) is 22.7. The highest BCUT2D eigenvalue weighted by Crippen LogP contribution is 2.37. The van der Waals surface area contributed by atoms with Gasteiger partial charge in [0.1, 0.15) is 11.6 Å². The van der Waals surface area contributed by atoms with Crippen LogP contribution in [0.2, 0.25) is 0 Å². The van der Waals surface area contributed by atoms with E-state index in [1.165, 1.54) is 31.4 Å². The quantitative estimate of drug-likeness (QED) is 0.593. The number of hydrogen-bond acceptors (Lipinski definition) is 6. The highest BCUT2D eigenvalue weighted by Gasteiger charge is 2.34. The molecule has 0 atom stereocenters. The van der Waals surface area contributed by atoms with E-state index in [0.717, 1.165) is 88.8 Å². The van der Waals surface area contributed by atoms with Gasteiger partial charge in [0.15, 0.2) is 0 Å². The summed E-state index contributed by atoms with van der Waals surface area (Å²) in [6.07, 6.45) is 10.4. The molecule has 0 unspecified atom stereocenters. The molecule has 36 heavy (non-hydrogen) atoms. The van der Waals surface area contributed by atoms with Gasteiger partial charge in [0.05, 0.1) is 6.10 Å². The van der Waals surface area contributed by atoms with Crippen molar-refractivity contribution in [1.82, 2.24) is 20.2 Å². The summed E-state index contributed by atoms with van der Waals surface area (Å²) in [5.74, 6) is 3.81. The Labute approximate surface area is 217 Å². The predicted octanol–water partition coefficient (Wildman–Crippen LogP) is 4.00. The molecular weight excluding hydrogens is 450 g/mol. The number of amides is 1. The molecule has 1 aromatic rings. The first-order valence-electron chi connectivity index (χ1n) is 14.6. The lowest BCUT2D eigenvalue weighted by atomic mass is 9.77. The molecule has 1 saturated heterocycles. The van der Waals surface area contributed by atoms with Crippen molar-refractivity contribution in [3.8, 4) is 0 Å². The van der Waals surface area contributed by atoms with Crippen molar-refractivity contribution in [1.29, 1.82) is 0 Å². The van der Waals surface area contributed by atoms with Gasteiger partial charge in [0, 0.05) is 61.2 Å². The summed E-state index contributed by atoms with van der Waals surface area (Å²) in [4.78, 5) is 27.6. The number of nitrogens with zero attached hydrogens (tertiary/aromatic N) is 4. The fourth-order valence-corrected chi connectivity index (χ4v) is 6.18. The first-order chi connectivity index (χ1) is 17.2. The monoisotopic (exact) mass is 497 g/mol. The first-order valence-corrected chi connectivity index (χ1v) is 14.6. The van der Waals surface area contributed by atoms with Crippen molar-refractivity contribution in [2.75, 3.05) is 37.6 Å². The minimum absolute atomic E-state index is 0.0324. The van der Waals surface area contributed by atoms with Crippen LogP contribution in [0, 0.1) is 11.8 Å². The third-order valence-electron chi connectivity index (χ3n) is 9.13. The van der Waals surface area contributed by atoms with Crippen molar-refractivity contribution < 1.29 is 9.90 Å². The Morgan fingerprint density at radius 3 is 2.33 bits per heavy atom. The maximum atomic E-state index is 12.5. The Morgan fingerprint density at radius 1 is 1.03 bits per heavy atom. The van der Waals surface area contributed by atoms with Gasteiger partial charge >= 0.3 is 0 Å². The van der Waals surface area contributed by atoms with Crippen molar-refractivity contribution in [3.63, 3.8) is 0 Å². The molecule has 7 nitrogen and oxygen atoms in total. The van der Waals surface area contributed by atoms with Crippen molar-refractivity contribution >= 4 is 11.7 Å². The second-order valence-corrected chi connectivity index (χ2v) is 13.0. The molecule has 4 fully saturated rings. The van der Waals surface area contributed by atoms with Crippen molar-refractivity contribution in [2.45, 2.75) is 108 Å². The summed E-state index contributed by atoms with van der Waals surface area (Å²) in [5, 5.41) is 12.9. The standard InChI is InChI=1S/C29H47N5O2/c1-29(2,3)28-31-25(21-5-4-6-21)19-26(32-28)34-15-13-33(14-16-34)12-11-20-17-23(18-20)30-27(36)22-7-9-24(35)10-8-22/h19-24,35H,4-18H2,1-3H3,(H,30,36)/t20-,22-,23+,24-. The summed E-state index contributed by atoms with van der Waals surface area (Å²) in [5.41, 5.74) is 1.22. The lowest BCUT2D eigenvalue weighted by Crippen LogP contribution is -2.49. The fourth-order valence-electron chi connectivity index (χ4n) is 6.18. The molecule has 2 heterocycles. The van der Waals surface area contributed by atoms with E-state index in [4.69, 9.17) is 9.97 Å². The van der Waals surface area contributed by atoms with E-state index in [1.807, 2.05) is 0 Å². The number of aromatic nitrogens is 2. The summed E-state index contributed by atoms with van der Waals surface area (Å²) >= 11 is 0. The van der Waals surface area contributed by atoms with Crippen LogP contribution in [0.4, 0.5) is 5.82 Å². The number of anilines is 1. The van der Waals surface area contributed by atoms with Crippen LogP contribution in [-0.4, -0.2) is 70.8 Å². The van der Waals surface area contributed by atoms with Crippen LogP contribution < -0.4 is 10.2 Å². The van der Waals surface area contributed by atoms with E-state index in [0.29, 0.717) is 12.0 Å². The Kier molecular flexibility index (Phi) is 7.87. The maximum absolute atomic E-state index is 12.5. The molecule has 0 radical (unpaired) electrons. The van der Waals surface area contributed by atoms with E-state index in [2.05, 4.69) is 42.0 Å². The normalized spacial score (nSPS) is 29.9. The second kappa shape index (κ2) is 10.9. The topological polar surface area (TPSA) is 81.6 Å². The molecule has 0 bridgehead atoms. The molecule has 3 saturated carbocycles. The highest BCUT2D eigenvalue weighted by molar-refractivity contribution is 5.79. The third-order valence-corrected chi connectivity index (χ3v) is 9.13. The zero-order chi connectivity index (χ0) is 25.3. The molecule has 0 aromatic carbocycles. The average molecular weight is 498 g/mol. The number of rotatable bonds is 7. The molecule has 1 amide bonds. The summed E-state index contributed by atoms with van der Waals surface area (Å²) in [7, 11) is 0. The SMILES string of the molecule is CC(C)(C)c1nc(C2CCC2)cc(N2CCN(CC[C@H]3C[C@@H](NC(=O)[C@H]4CC[C@H](O)CC4)C3)CC2)n1. The molecule has 2 N–H and O–H groups in total. The summed E-state index contributed by atoms with van der Waals surface area (Å²) in [6, 6.07) is 2.64. The molecule has 1 aliphatic heterocycles. The van der Waals surface area contributed by atoms with Crippen LogP contribution in [0.3, 0.4) is 0 Å². The van der Waals surface area contributed by atoms with Crippen LogP contribution in [-0.2, 0) is 10.2 Å². The molecular formula is C29H47N5O2. The van der Waals surface area contributed by atoms with E-state index in [-0.39, 0.29) is 23.3 Å². The average Bonchev–Trinajstić information content (AvgIpc) is 2.79. The van der Waals surface area contributed by atoms with Gasteiger partial charge in [-0.15, -0.1) is 0 Å². The first kappa shape index (κ1) is 25.9. The van der Waals surface area contributed by atoms with Gasteiger partial charge in [-0.2, -0.15) is 0 Å². The fraction of sp³-hybridized carbons (Fsp3) is 0.828. The smallest absolute Gasteiger partial charge is 0.223 e. The second-order valence-electron chi connectivity index (χ2n) is 13.0. The molecule has 7 heteroatoms. The molecule has 1 aromatic heterocycles. The highest BCUT2D eigenvalue weighted by atomic mass is 16.3. The zero-order valence-corrected chi connectivity index (χ0v) is 22.7. The van der Waals surface area contributed by atoms with Gasteiger partial charge in [-0.25, -0.2) is 9.97 Å². The molecule has 4 aliphatic rings. The van der Waals surface area contributed by atoms with Crippen molar-refractivity contribution in [2.24, 2.45) is 11.8 Å². The van der Waals surface area contributed by atoms with Gasteiger partial charge in [-0.1, -0.05) is 27.2 Å². The van der Waals surface area contributed by atoms with Gasteiger partial charge in [-0.3, -0.25) is 9.69 Å². The van der Waals surface area contributed by atoms with Gasteiger partial charge in [0.2, 0.25) is 5.91 Å². The predicted molar refractivity (Wildman–Crippen MR) is 143 cm³/mol. The maximum Gasteiger partial charge on any atom is 0.223 e. The van der Waals surface area contributed by atoms with Gasteiger partial charge in [-0.05, 0) is 70.3 Å². The van der Waals surface area contributed by atoms with Crippen LogP contribution in [0.1, 0.15) is 102 Å². The molecule has 5 rings (SSSR count). The number of carbonyl (C=O) groups is 1. The molecule has 3 aliphatic carbocycles. The Hall–Kier alpha value is -1.73. The van der Waals surface area contributed by atoms with Gasteiger partial charge in [0.25, 0.3) is 0 Å². The number of carbonyl (C=O) groups excluding carboxylic acids is 1. The van der Waals surface area contributed by atoms with Crippen LogP contribution in [0.5, 0.6) is 0 Å². The van der Waals surface area contributed by atoms with Crippen LogP contribution in [0.15, 0.2) is 6.07 Å². The Balaban J connectivity index is 1.04. The number of aliphatic hydroxyl groups is 1. The van der Waals surface area contributed by atoms with Gasteiger partial charge < -0.3 is 15.3 Å². The van der Waals surface area contributed by atoms with Crippen LogP contribution >= 0.6 is 0 Å². The molecule has 0 spiro atoms. The minimum atomic E-state index is -0.198. The van der Waals surface area contributed by atoms with E-state index >= 15 is 0 Å². The van der Waals surface area contributed by atoms with E-state index in [1.54, 1.807) is 0 Å². The summed E-state index contributed by atoms with van der Waals surface area (Å²) < 4.78 is 0. The Bertz CT molecular complexity index is 889. The molecule has 200 valence electrons. The number of hydrogen-bond donors (Lipinski definition) is 2. The summed E-state index contributed by atoms with van der Waals surface area (Å²) in [6.45, 7) is 12.0. The number of aliphatic hydroxyl groups excluding tert-OH is 1. The van der Waals surface area contributed by atoms with Crippen molar-refractivity contribution in [3.05, 3.63) is 17.6 Å². The third kappa shape index (κ3) is 6.21.